The Balaban J connectivity index is 1.64. The zero-order valence-corrected chi connectivity index (χ0v) is 12.2. The first-order valence-corrected chi connectivity index (χ1v) is 6.89. The van der Waals surface area contributed by atoms with Crippen molar-refractivity contribution in [1.82, 2.24) is 19.6 Å². The number of anilines is 1. The number of benzene rings is 1. The van der Waals surface area contributed by atoms with Crippen molar-refractivity contribution in [3.8, 4) is 0 Å². The van der Waals surface area contributed by atoms with Gasteiger partial charge in [0.1, 0.15) is 0 Å². The molecule has 0 spiro atoms. The number of carbonyl (C=O) groups excluding carboxylic acids is 1. The molecule has 108 valence electrons. The summed E-state index contributed by atoms with van der Waals surface area (Å²) in [6.07, 6.45) is 5.46. The molecule has 1 aromatic carbocycles. The summed E-state index contributed by atoms with van der Waals surface area (Å²) in [6, 6.07) is 5.58. The van der Waals surface area contributed by atoms with Gasteiger partial charge < -0.3 is 5.32 Å². The van der Waals surface area contributed by atoms with E-state index in [4.69, 9.17) is 11.6 Å². The van der Waals surface area contributed by atoms with E-state index >= 15 is 0 Å². The molecule has 21 heavy (non-hydrogen) atoms. The van der Waals surface area contributed by atoms with Crippen molar-refractivity contribution in [3.05, 3.63) is 41.8 Å². The van der Waals surface area contributed by atoms with Gasteiger partial charge in [-0.05, 0) is 18.2 Å². The van der Waals surface area contributed by atoms with Gasteiger partial charge in [-0.3, -0.25) is 14.2 Å². The van der Waals surface area contributed by atoms with Gasteiger partial charge in [0.05, 0.1) is 30.1 Å². The van der Waals surface area contributed by atoms with Gasteiger partial charge in [-0.2, -0.15) is 10.2 Å². The monoisotopic (exact) mass is 303 g/mol. The molecule has 0 aliphatic carbocycles. The van der Waals surface area contributed by atoms with Crippen LogP contribution in [-0.4, -0.2) is 25.5 Å². The van der Waals surface area contributed by atoms with Gasteiger partial charge in [0.2, 0.25) is 5.91 Å². The highest BCUT2D eigenvalue weighted by Crippen LogP contribution is 2.19. The van der Waals surface area contributed by atoms with Crippen molar-refractivity contribution in [2.75, 3.05) is 5.32 Å². The van der Waals surface area contributed by atoms with Crippen LogP contribution < -0.4 is 5.32 Å². The minimum absolute atomic E-state index is 0.0689. The van der Waals surface area contributed by atoms with Crippen molar-refractivity contribution in [2.45, 2.75) is 13.0 Å². The van der Waals surface area contributed by atoms with Crippen molar-refractivity contribution in [3.63, 3.8) is 0 Å². The maximum atomic E-state index is 11.9. The highest BCUT2D eigenvalue weighted by molar-refractivity contribution is 6.31. The second-order valence-corrected chi connectivity index (χ2v) is 5.21. The lowest BCUT2D eigenvalue weighted by atomic mass is 10.2. The molecular formula is C14H14ClN5O. The average molecular weight is 304 g/mol. The molecule has 6 nitrogen and oxygen atoms in total. The summed E-state index contributed by atoms with van der Waals surface area (Å²) in [4.78, 5) is 11.9. The number of amides is 1. The van der Waals surface area contributed by atoms with Crippen LogP contribution in [-0.2, 0) is 18.4 Å². The Morgan fingerprint density at radius 3 is 2.95 bits per heavy atom. The summed E-state index contributed by atoms with van der Waals surface area (Å²) in [5, 5.41) is 12.7. The van der Waals surface area contributed by atoms with Gasteiger partial charge in [-0.25, -0.2) is 0 Å². The van der Waals surface area contributed by atoms with E-state index in [1.54, 1.807) is 35.0 Å². The van der Waals surface area contributed by atoms with Crippen LogP contribution in [0.3, 0.4) is 0 Å². The molecule has 0 radical (unpaired) electrons. The molecule has 0 aliphatic rings. The Morgan fingerprint density at radius 1 is 1.33 bits per heavy atom. The summed E-state index contributed by atoms with van der Waals surface area (Å²) in [5.74, 6) is -0.0689. The molecule has 0 atom stereocenters. The standard InChI is InChI=1S/C14H14ClN5O/c1-19-9-12(8-16-19)18-14(21)4-5-20-13-3-2-11(15)6-10(13)7-17-20/h2-3,6-9H,4-5H2,1H3,(H,18,21). The number of hydrogen-bond donors (Lipinski definition) is 1. The van der Waals surface area contributed by atoms with Gasteiger partial charge in [-0.15, -0.1) is 0 Å². The molecule has 1 amide bonds. The number of hydrogen-bond acceptors (Lipinski definition) is 3. The van der Waals surface area contributed by atoms with Crippen LogP contribution in [0.5, 0.6) is 0 Å². The molecule has 3 aromatic rings. The summed E-state index contributed by atoms with van der Waals surface area (Å²) in [5.41, 5.74) is 1.66. The van der Waals surface area contributed by atoms with Crippen LogP contribution in [0.25, 0.3) is 10.9 Å². The molecule has 2 heterocycles. The minimum atomic E-state index is -0.0689. The fourth-order valence-electron chi connectivity index (χ4n) is 2.15. The largest absolute Gasteiger partial charge is 0.323 e. The van der Waals surface area contributed by atoms with Gasteiger partial charge in [0.15, 0.2) is 0 Å². The van der Waals surface area contributed by atoms with E-state index < -0.39 is 0 Å². The number of fused-ring (bicyclic) bond motifs is 1. The normalized spacial score (nSPS) is 11.0. The van der Waals surface area contributed by atoms with Gasteiger partial charge in [0, 0.05) is 30.1 Å². The highest BCUT2D eigenvalue weighted by Gasteiger charge is 2.07. The van der Waals surface area contributed by atoms with Crippen LogP contribution in [0.15, 0.2) is 36.8 Å². The van der Waals surface area contributed by atoms with Crippen molar-refractivity contribution in [1.29, 1.82) is 0 Å². The summed E-state index contributed by atoms with van der Waals surface area (Å²) in [6.45, 7) is 0.511. The first-order chi connectivity index (χ1) is 10.1. The second kappa shape index (κ2) is 5.57. The van der Waals surface area contributed by atoms with E-state index in [1.807, 2.05) is 18.2 Å². The first kappa shape index (κ1) is 13.6. The fraction of sp³-hybridized carbons (Fsp3) is 0.214. The lowest BCUT2D eigenvalue weighted by Gasteiger charge is -2.04. The predicted molar refractivity (Wildman–Crippen MR) is 81.2 cm³/mol. The Kier molecular flexibility index (Phi) is 3.62. The third-order valence-corrected chi connectivity index (χ3v) is 3.38. The van der Waals surface area contributed by atoms with E-state index in [9.17, 15) is 4.79 Å². The predicted octanol–water partition coefficient (Wildman–Crippen LogP) is 2.45. The molecular weight excluding hydrogens is 290 g/mol. The van der Waals surface area contributed by atoms with Crippen LogP contribution in [0, 0.1) is 0 Å². The van der Waals surface area contributed by atoms with Gasteiger partial charge in [0.25, 0.3) is 0 Å². The summed E-state index contributed by atoms with van der Waals surface area (Å²) < 4.78 is 3.44. The molecule has 7 heteroatoms. The van der Waals surface area contributed by atoms with Crippen LogP contribution in [0.2, 0.25) is 5.02 Å². The molecule has 0 unspecified atom stereocenters. The SMILES string of the molecule is Cn1cc(NC(=O)CCn2ncc3cc(Cl)ccc32)cn1. The second-order valence-electron chi connectivity index (χ2n) is 4.77. The smallest absolute Gasteiger partial charge is 0.226 e. The van der Waals surface area contributed by atoms with Crippen LogP contribution in [0.4, 0.5) is 5.69 Å². The maximum Gasteiger partial charge on any atom is 0.226 e. The number of nitrogens with one attached hydrogen (secondary N) is 1. The molecule has 0 aliphatic heterocycles. The quantitative estimate of drug-likeness (QED) is 0.805. The van der Waals surface area contributed by atoms with E-state index in [0.29, 0.717) is 23.7 Å². The number of halogens is 1. The lowest BCUT2D eigenvalue weighted by Crippen LogP contribution is -2.14. The third kappa shape index (κ3) is 3.05. The summed E-state index contributed by atoms with van der Waals surface area (Å²) >= 11 is 5.94. The minimum Gasteiger partial charge on any atom is -0.323 e. The molecule has 0 saturated heterocycles. The highest BCUT2D eigenvalue weighted by atomic mass is 35.5. The third-order valence-electron chi connectivity index (χ3n) is 3.14. The molecule has 0 bridgehead atoms. The number of rotatable bonds is 4. The Hall–Kier alpha value is -2.34. The topological polar surface area (TPSA) is 64.7 Å². The number of nitrogens with zero attached hydrogens (tertiary/aromatic N) is 4. The van der Waals surface area contributed by atoms with Crippen LogP contribution >= 0.6 is 11.6 Å². The van der Waals surface area contributed by atoms with Crippen molar-refractivity contribution >= 4 is 34.1 Å². The van der Waals surface area contributed by atoms with E-state index in [0.717, 1.165) is 10.9 Å². The Labute approximate surface area is 126 Å². The zero-order chi connectivity index (χ0) is 14.8. The summed E-state index contributed by atoms with van der Waals surface area (Å²) in [7, 11) is 1.80. The van der Waals surface area contributed by atoms with E-state index in [2.05, 4.69) is 15.5 Å². The number of aryl methyl sites for hydroxylation is 2. The van der Waals surface area contributed by atoms with E-state index in [-0.39, 0.29) is 5.91 Å². The van der Waals surface area contributed by atoms with Crippen molar-refractivity contribution in [2.24, 2.45) is 7.05 Å². The lowest BCUT2D eigenvalue weighted by molar-refractivity contribution is -0.116. The zero-order valence-electron chi connectivity index (χ0n) is 11.5. The van der Waals surface area contributed by atoms with Crippen LogP contribution in [0.1, 0.15) is 6.42 Å². The average Bonchev–Trinajstić information content (AvgIpc) is 3.02. The number of aromatic nitrogens is 4. The van der Waals surface area contributed by atoms with E-state index in [1.165, 1.54) is 0 Å². The Morgan fingerprint density at radius 2 is 2.19 bits per heavy atom. The molecule has 0 fully saturated rings. The fourth-order valence-corrected chi connectivity index (χ4v) is 2.33. The number of carbonyl (C=O) groups is 1. The Bertz CT molecular complexity index is 792. The molecule has 0 saturated carbocycles. The first-order valence-electron chi connectivity index (χ1n) is 6.51. The molecule has 2 aromatic heterocycles. The van der Waals surface area contributed by atoms with Gasteiger partial charge >= 0.3 is 0 Å². The molecule has 1 N–H and O–H groups in total. The maximum absolute atomic E-state index is 11.9. The van der Waals surface area contributed by atoms with Crippen molar-refractivity contribution < 1.29 is 4.79 Å². The molecule has 3 rings (SSSR count). The van der Waals surface area contributed by atoms with Gasteiger partial charge in [-0.1, -0.05) is 11.6 Å².